The van der Waals surface area contributed by atoms with Gasteiger partial charge >= 0.3 is 5.97 Å². The van der Waals surface area contributed by atoms with Crippen molar-refractivity contribution in [2.24, 2.45) is 5.92 Å². The predicted octanol–water partition coefficient (Wildman–Crippen LogP) is 3.02. The molecule has 92 valence electrons. The summed E-state index contributed by atoms with van der Waals surface area (Å²) >= 11 is 0. The van der Waals surface area contributed by atoms with Gasteiger partial charge in [-0.25, -0.2) is 4.79 Å². The van der Waals surface area contributed by atoms with Crippen molar-refractivity contribution in [3.8, 4) is 0 Å². The van der Waals surface area contributed by atoms with Crippen molar-refractivity contribution < 1.29 is 14.6 Å². The lowest BCUT2D eigenvalue weighted by Gasteiger charge is -2.16. The first kappa shape index (κ1) is 12.1. The van der Waals surface area contributed by atoms with E-state index in [1.165, 1.54) is 25.7 Å². The molecule has 1 fully saturated rings. The minimum atomic E-state index is -0.908. The first-order chi connectivity index (χ1) is 8.27. The number of aliphatic carboxylic acids is 1. The summed E-state index contributed by atoms with van der Waals surface area (Å²) in [6.45, 7) is 0.561. The van der Waals surface area contributed by atoms with Gasteiger partial charge in [0.2, 0.25) is 0 Å². The first-order valence-electron chi connectivity index (χ1n) is 6.16. The summed E-state index contributed by atoms with van der Waals surface area (Å²) in [5.41, 5.74) is 0.720. The van der Waals surface area contributed by atoms with E-state index in [1.807, 2.05) is 18.2 Å². The van der Waals surface area contributed by atoms with Gasteiger partial charge in [0.25, 0.3) is 0 Å². The Morgan fingerprint density at radius 3 is 2.53 bits per heavy atom. The molecule has 0 aromatic heterocycles. The second-order valence-electron chi connectivity index (χ2n) is 4.61. The van der Waals surface area contributed by atoms with E-state index in [0.29, 0.717) is 12.5 Å². The Hall–Kier alpha value is -1.35. The molecule has 0 saturated heterocycles. The molecule has 3 nitrogen and oxygen atoms in total. The molecule has 1 aliphatic carbocycles. The van der Waals surface area contributed by atoms with Crippen molar-refractivity contribution >= 4 is 5.97 Å². The summed E-state index contributed by atoms with van der Waals surface area (Å²) < 4.78 is 5.57. The maximum absolute atomic E-state index is 11.2. The number of hydrogen-bond donors (Lipinski definition) is 1. The van der Waals surface area contributed by atoms with Crippen LogP contribution >= 0.6 is 0 Å². The number of benzene rings is 1. The van der Waals surface area contributed by atoms with Gasteiger partial charge in [-0.3, -0.25) is 0 Å². The van der Waals surface area contributed by atoms with Crippen LogP contribution in [0, 0.1) is 5.92 Å². The Kier molecular flexibility index (Phi) is 4.15. The second kappa shape index (κ2) is 5.82. The van der Waals surface area contributed by atoms with Gasteiger partial charge in [0, 0.05) is 0 Å². The molecule has 1 N–H and O–H groups in total. The second-order valence-corrected chi connectivity index (χ2v) is 4.61. The summed E-state index contributed by atoms with van der Waals surface area (Å²) in [4.78, 5) is 11.2. The van der Waals surface area contributed by atoms with E-state index >= 15 is 0 Å². The van der Waals surface area contributed by atoms with Crippen LogP contribution in [0.3, 0.4) is 0 Å². The van der Waals surface area contributed by atoms with Crippen molar-refractivity contribution in [1.29, 1.82) is 0 Å². The van der Waals surface area contributed by atoms with Crippen molar-refractivity contribution in [2.75, 3.05) is 6.61 Å². The van der Waals surface area contributed by atoms with Gasteiger partial charge in [-0.2, -0.15) is 0 Å². The molecular weight excluding hydrogens is 216 g/mol. The Balaban J connectivity index is 1.95. The Bertz CT molecular complexity index is 355. The maximum Gasteiger partial charge on any atom is 0.337 e. The van der Waals surface area contributed by atoms with Crippen molar-refractivity contribution in [1.82, 2.24) is 0 Å². The van der Waals surface area contributed by atoms with E-state index in [2.05, 4.69) is 0 Å². The number of carbonyl (C=O) groups is 1. The number of ether oxygens (including phenoxy) is 1. The normalized spacial score (nSPS) is 18.1. The van der Waals surface area contributed by atoms with Crippen LogP contribution in [0.4, 0.5) is 0 Å². The molecule has 0 unspecified atom stereocenters. The van der Waals surface area contributed by atoms with Gasteiger partial charge < -0.3 is 9.84 Å². The molecule has 0 bridgehead atoms. The third-order valence-corrected chi connectivity index (χ3v) is 3.30. The molecule has 0 heterocycles. The molecule has 0 aliphatic heterocycles. The lowest BCUT2D eigenvalue weighted by molar-refractivity contribution is -0.151. The van der Waals surface area contributed by atoms with E-state index in [1.54, 1.807) is 12.1 Å². The summed E-state index contributed by atoms with van der Waals surface area (Å²) in [6, 6.07) is 9.15. The highest BCUT2D eigenvalue weighted by Gasteiger charge is 2.23. The minimum absolute atomic E-state index is 0.542. The fourth-order valence-corrected chi connectivity index (χ4v) is 2.35. The van der Waals surface area contributed by atoms with E-state index in [9.17, 15) is 9.90 Å². The molecule has 1 aromatic rings. The zero-order valence-electron chi connectivity index (χ0n) is 9.84. The Morgan fingerprint density at radius 1 is 1.29 bits per heavy atom. The number of carboxylic acids is 1. The topological polar surface area (TPSA) is 46.5 Å². The van der Waals surface area contributed by atoms with E-state index in [-0.39, 0.29) is 0 Å². The van der Waals surface area contributed by atoms with Crippen molar-refractivity contribution in [3.05, 3.63) is 35.9 Å². The molecule has 1 aromatic carbocycles. The van der Waals surface area contributed by atoms with Gasteiger partial charge in [0.1, 0.15) is 0 Å². The quantitative estimate of drug-likeness (QED) is 0.851. The Morgan fingerprint density at radius 2 is 1.94 bits per heavy atom. The van der Waals surface area contributed by atoms with Crippen LogP contribution < -0.4 is 0 Å². The van der Waals surface area contributed by atoms with Crippen molar-refractivity contribution in [2.45, 2.75) is 31.8 Å². The molecule has 3 heteroatoms. The van der Waals surface area contributed by atoms with E-state index in [0.717, 1.165) is 5.56 Å². The van der Waals surface area contributed by atoms with Gasteiger partial charge in [0.15, 0.2) is 6.10 Å². The fourth-order valence-electron chi connectivity index (χ4n) is 2.35. The fraction of sp³-hybridized carbons (Fsp3) is 0.500. The van der Waals surface area contributed by atoms with Gasteiger partial charge in [-0.1, -0.05) is 43.2 Å². The van der Waals surface area contributed by atoms with Crippen LogP contribution in [0.1, 0.15) is 37.4 Å². The zero-order valence-corrected chi connectivity index (χ0v) is 9.84. The number of rotatable bonds is 5. The van der Waals surface area contributed by atoms with Crippen LogP contribution in [0.25, 0.3) is 0 Å². The SMILES string of the molecule is O=C(O)[C@@H](OCC1CCCC1)c1ccccc1. The summed E-state index contributed by atoms with van der Waals surface area (Å²) in [5, 5.41) is 9.18. The van der Waals surface area contributed by atoms with E-state index < -0.39 is 12.1 Å². The first-order valence-corrected chi connectivity index (χ1v) is 6.16. The largest absolute Gasteiger partial charge is 0.479 e. The van der Waals surface area contributed by atoms with Crippen molar-refractivity contribution in [3.63, 3.8) is 0 Å². The smallest absolute Gasteiger partial charge is 0.337 e. The minimum Gasteiger partial charge on any atom is -0.479 e. The van der Waals surface area contributed by atoms with Crippen LogP contribution in [0.2, 0.25) is 0 Å². The van der Waals surface area contributed by atoms with Gasteiger partial charge in [-0.15, -0.1) is 0 Å². The third kappa shape index (κ3) is 3.30. The van der Waals surface area contributed by atoms with Crippen LogP contribution in [-0.4, -0.2) is 17.7 Å². The Labute approximate surface area is 101 Å². The molecule has 17 heavy (non-hydrogen) atoms. The van der Waals surface area contributed by atoms with Crippen LogP contribution in [-0.2, 0) is 9.53 Å². The average molecular weight is 234 g/mol. The maximum atomic E-state index is 11.2. The predicted molar refractivity (Wildman–Crippen MR) is 64.7 cm³/mol. The molecule has 0 amide bonds. The summed E-state index contributed by atoms with van der Waals surface area (Å²) in [5.74, 6) is -0.366. The van der Waals surface area contributed by atoms with Crippen LogP contribution in [0.5, 0.6) is 0 Å². The highest BCUT2D eigenvalue weighted by molar-refractivity contribution is 5.74. The average Bonchev–Trinajstić information content (AvgIpc) is 2.83. The highest BCUT2D eigenvalue weighted by atomic mass is 16.5. The molecular formula is C14H18O3. The zero-order chi connectivity index (χ0) is 12.1. The highest BCUT2D eigenvalue weighted by Crippen LogP contribution is 2.27. The lowest BCUT2D eigenvalue weighted by Crippen LogP contribution is -2.18. The standard InChI is InChI=1S/C14H18O3/c15-14(16)13(12-8-2-1-3-9-12)17-10-11-6-4-5-7-11/h1-3,8-9,11,13H,4-7,10H2,(H,15,16)/t13-/m0/s1. The van der Waals surface area contributed by atoms with Gasteiger partial charge in [-0.05, 0) is 24.3 Å². The number of carboxylic acid groups (broad SMARTS) is 1. The lowest BCUT2D eigenvalue weighted by atomic mass is 10.1. The molecule has 0 radical (unpaired) electrons. The van der Waals surface area contributed by atoms with Gasteiger partial charge in [0.05, 0.1) is 6.61 Å². The molecule has 1 aliphatic rings. The summed E-state index contributed by atoms with van der Waals surface area (Å²) in [7, 11) is 0. The molecule has 0 spiro atoms. The summed E-state index contributed by atoms with van der Waals surface area (Å²) in [6.07, 6.45) is 4.01. The molecule has 2 rings (SSSR count). The molecule has 1 saturated carbocycles. The number of hydrogen-bond acceptors (Lipinski definition) is 2. The monoisotopic (exact) mass is 234 g/mol. The van der Waals surface area contributed by atoms with Crippen LogP contribution in [0.15, 0.2) is 30.3 Å². The third-order valence-electron chi connectivity index (χ3n) is 3.30. The molecule has 1 atom stereocenters. The van der Waals surface area contributed by atoms with E-state index in [4.69, 9.17) is 4.74 Å².